The highest BCUT2D eigenvalue weighted by Gasteiger charge is 2.03. The number of anilines is 2. The van der Waals surface area contributed by atoms with Gasteiger partial charge in [-0.15, -0.1) is 11.3 Å². The highest BCUT2D eigenvalue weighted by atomic mass is 32.1. The fourth-order valence-electron chi connectivity index (χ4n) is 1.37. The molecule has 0 unspecified atom stereocenters. The van der Waals surface area contributed by atoms with Crippen molar-refractivity contribution in [2.75, 3.05) is 11.1 Å². The first-order chi connectivity index (χ1) is 7.66. The molecule has 3 N–H and O–H groups in total. The third-order valence-electron chi connectivity index (χ3n) is 2.30. The Morgan fingerprint density at radius 1 is 1.50 bits per heavy atom. The van der Waals surface area contributed by atoms with Crippen LogP contribution in [0.3, 0.4) is 0 Å². The van der Waals surface area contributed by atoms with E-state index in [1.165, 1.54) is 12.1 Å². The van der Waals surface area contributed by atoms with Gasteiger partial charge < -0.3 is 11.1 Å². The van der Waals surface area contributed by atoms with E-state index in [0.29, 0.717) is 12.2 Å². The third-order valence-corrected chi connectivity index (χ3v) is 3.23. The topological polar surface area (TPSA) is 50.9 Å². The van der Waals surface area contributed by atoms with E-state index < -0.39 is 0 Å². The summed E-state index contributed by atoms with van der Waals surface area (Å²) in [6.45, 7) is 2.62. The SMILES string of the molecule is Cc1ncsc1CNc1ccc(F)cc1N. The molecule has 2 rings (SSSR count). The van der Waals surface area contributed by atoms with Crippen LogP contribution in [-0.2, 0) is 6.54 Å². The van der Waals surface area contributed by atoms with Crippen molar-refractivity contribution < 1.29 is 4.39 Å². The van der Waals surface area contributed by atoms with Gasteiger partial charge in [0.2, 0.25) is 0 Å². The molecule has 16 heavy (non-hydrogen) atoms. The molecule has 0 aliphatic carbocycles. The molecule has 0 bridgehead atoms. The lowest BCUT2D eigenvalue weighted by molar-refractivity contribution is 0.628. The molecule has 0 saturated heterocycles. The first-order valence-corrected chi connectivity index (χ1v) is 5.72. The van der Waals surface area contributed by atoms with Crippen molar-refractivity contribution in [1.29, 1.82) is 0 Å². The van der Waals surface area contributed by atoms with Crippen LogP contribution in [0.1, 0.15) is 10.6 Å². The molecule has 3 nitrogen and oxygen atoms in total. The molecule has 84 valence electrons. The Balaban J connectivity index is 2.08. The van der Waals surface area contributed by atoms with Crippen LogP contribution < -0.4 is 11.1 Å². The molecule has 1 aromatic carbocycles. The van der Waals surface area contributed by atoms with Gasteiger partial charge in [-0.3, -0.25) is 0 Å². The molecule has 0 fully saturated rings. The van der Waals surface area contributed by atoms with Crippen molar-refractivity contribution >= 4 is 22.7 Å². The predicted octanol–water partition coefficient (Wildman–Crippen LogP) is 2.78. The molecule has 0 spiro atoms. The summed E-state index contributed by atoms with van der Waals surface area (Å²) in [5, 5.41) is 3.16. The molecule has 0 amide bonds. The number of aryl methyl sites for hydroxylation is 1. The number of nitrogen functional groups attached to an aromatic ring is 1. The zero-order valence-corrected chi connectivity index (χ0v) is 9.64. The molecule has 0 aliphatic rings. The zero-order valence-electron chi connectivity index (χ0n) is 8.83. The van der Waals surface area contributed by atoms with Gasteiger partial charge in [-0.05, 0) is 25.1 Å². The van der Waals surface area contributed by atoms with Crippen LogP contribution >= 0.6 is 11.3 Å². The van der Waals surface area contributed by atoms with E-state index in [-0.39, 0.29) is 5.82 Å². The second kappa shape index (κ2) is 4.49. The Labute approximate surface area is 97.1 Å². The summed E-state index contributed by atoms with van der Waals surface area (Å²) in [4.78, 5) is 5.31. The van der Waals surface area contributed by atoms with Crippen molar-refractivity contribution in [3.8, 4) is 0 Å². The Kier molecular flexibility index (Phi) is 3.05. The number of benzene rings is 1. The lowest BCUT2D eigenvalue weighted by Gasteiger charge is -2.08. The van der Waals surface area contributed by atoms with E-state index in [1.807, 2.05) is 6.92 Å². The highest BCUT2D eigenvalue weighted by molar-refractivity contribution is 7.09. The normalized spacial score (nSPS) is 10.4. The average Bonchev–Trinajstić information content (AvgIpc) is 2.63. The van der Waals surface area contributed by atoms with Gasteiger partial charge in [0.1, 0.15) is 5.82 Å². The summed E-state index contributed by atoms with van der Waals surface area (Å²) >= 11 is 1.59. The van der Waals surface area contributed by atoms with Gasteiger partial charge >= 0.3 is 0 Å². The summed E-state index contributed by atoms with van der Waals surface area (Å²) in [6, 6.07) is 4.33. The molecular weight excluding hydrogens is 225 g/mol. The number of thiazole rings is 1. The second-order valence-electron chi connectivity index (χ2n) is 3.45. The number of aromatic nitrogens is 1. The van der Waals surface area contributed by atoms with Crippen LogP contribution in [0.25, 0.3) is 0 Å². The van der Waals surface area contributed by atoms with Crippen LogP contribution in [0.15, 0.2) is 23.7 Å². The maximum Gasteiger partial charge on any atom is 0.125 e. The predicted molar refractivity (Wildman–Crippen MR) is 65.0 cm³/mol. The number of nitrogens with zero attached hydrogens (tertiary/aromatic N) is 1. The van der Waals surface area contributed by atoms with Gasteiger partial charge in [0.05, 0.1) is 29.1 Å². The Morgan fingerprint density at radius 3 is 2.94 bits per heavy atom. The summed E-state index contributed by atoms with van der Waals surface area (Å²) in [5.74, 6) is -0.322. The average molecular weight is 237 g/mol. The van der Waals surface area contributed by atoms with Gasteiger partial charge in [0.15, 0.2) is 0 Å². The molecule has 0 aliphatic heterocycles. The van der Waals surface area contributed by atoms with Gasteiger partial charge in [0, 0.05) is 4.88 Å². The molecule has 1 heterocycles. The van der Waals surface area contributed by atoms with Crippen LogP contribution in [0, 0.1) is 12.7 Å². The first kappa shape index (κ1) is 10.9. The van der Waals surface area contributed by atoms with Crippen molar-refractivity contribution in [3.05, 3.63) is 40.1 Å². The number of rotatable bonds is 3. The zero-order chi connectivity index (χ0) is 11.5. The number of hydrogen-bond donors (Lipinski definition) is 2. The fourth-order valence-corrected chi connectivity index (χ4v) is 2.08. The highest BCUT2D eigenvalue weighted by Crippen LogP contribution is 2.21. The summed E-state index contributed by atoms with van der Waals surface area (Å²) in [6.07, 6.45) is 0. The number of nitrogens with two attached hydrogens (primary N) is 1. The maximum atomic E-state index is 12.8. The molecule has 1 aromatic heterocycles. The minimum atomic E-state index is -0.322. The minimum absolute atomic E-state index is 0.322. The second-order valence-corrected chi connectivity index (χ2v) is 4.39. The minimum Gasteiger partial charge on any atom is -0.397 e. The largest absolute Gasteiger partial charge is 0.397 e. The van der Waals surface area contributed by atoms with E-state index in [4.69, 9.17) is 5.73 Å². The Hall–Kier alpha value is -1.62. The molecule has 0 atom stereocenters. The number of nitrogens with one attached hydrogen (secondary N) is 1. The Morgan fingerprint density at radius 2 is 2.31 bits per heavy atom. The van der Waals surface area contributed by atoms with E-state index >= 15 is 0 Å². The first-order valence-electron chi connectivity index (χ1n) is 4.84. The molecule has 2 aromatic rings. The van der Waals surface area contributed by atoms with Gasteiger partial charge in [-0.2, -0.15) is 0 Å². The van der Waals surface area contributed by atoms with E-state index in [0.717, 1.165) is 16.3 Å². The number of halogens is 1. The van der Waals surface area contributed by atoms with Crippen LogP contribution in [0.4, 0.5) is 15.8 Å². The molecule has 5 heteroatoms. The van der Waals surface area contributed by atoms with Crippen molar-refractivity contribution in [2.24, 2.45) is 0 Å². The van der Waals surface area contributed by atoms with Gasteiger partial charge in [0.25, 0.3) is 0 Å². The maximum absolute atomic E-state index is 12.8. The van der Waals surface area contributed by atoms with Crippen molar-refractivity contribution in [2.45, 2.75) is 13.5 Å². The van der Waals surface area contributed by atoms with E-state index in [9.17, 15) is 4.39 Å². The van der Waals surface area contributed by atoms with Crippen molar-refractivity contribution in [1.82, 2.24) is 4.98 Å². The monoisotopic (exact) mass is 237 g/mol. The number of hydrogen-bond acceptors (Lipinski definition) is 4. The third kappa shape index (κ3) is 2.30. The van der Waals surface area contributed by atoms with Crippen LogP contribution in [0.5, 0.6) is 0 Å². The lowest BCUT2D eigenvalue weighted by Crippen LogP contribution is -2.02. The van der Waals surface area contributed by atoms with E-state index in [2.05, 4.69) is 10.3 Å². The lowest BCUT2D eigenvalue weighted by atomic mass is 10.2. The smallest absolute Gasteiger partial charge is 0.125 e. The van der Waals surface area contributed by atoms with Gasteiger partial charge in [-0.1, -0.05) is 0 Å². The summed E-state index contributed by atoms with van der Waals surface area (Å²) < 4.78 is 12.8. The van der Waals surface area contributed by atoms with Gasteiger partial charge in [-0.25, -0.2) is 9.37 Å². The van der Waals surface area contributed by atoms with Crippen molar-refractivity contribution in [3.63, 3.8) is 0 Å². The van der Waals surface area contributed by atoms with Crippen LogP contribution in [-0.4, -0.2) is 4.98 Å². The summed E-state index contributed by atoms with van der Waals surface area (Å²) in [7, 11) is 0. The van der Waals surface area contributed by atoms with E-state index in [1.54, 1.807) is 22.9 Å². The summed E-state index contributed by atoms with van der Waals surface area (Å²) in [5.41, 5.74) is 9.67. The quantitative estimate of drug-likeness (QED) is 0.807. The Bertz CT molecular complexity index is 496. The molecular formula is C11H12FN3S. The standard InChI is InChI=1S/C11H12FN3S/c1-7-11(16-6-15-7)5-14-10-3-2-8(12)4-9(10)13/h2-4,6,14H,5,13H2,1H3. The molecule has 0 radical (unpaired) electrons. The molecule has 0 saturated carbocycles. The van der Waals surface area contributed by atoms with Crippen LogP contribution in [0.2, 0.25) is 0 Å². The fraction of sp³-hybridized carbons (Fsp3) is 0.182.